The SMILES string of the molecule is [2H]C(C)(c1ccc(-c2ccc(C(F)(F)F)cc2)cc1)N(C(=O)C([2H])([2H])n1c(SCc2cccc(F)c2F)cc(=O)c2ccccc21)C1CCN(C([2H])([2H])C([2H])([2H])OC)CC1. The number of para-hydroxylation sites is 1. The Labute approximate surface area is 319 Å². The molecule has 6 rings (SSSR count). The number of aromatic nitrogens is 1. The summed E-state index contributed by atoms with van der Waals surface area (Å²) in [7, 11) is 1.03. The van der Waals surface area contributed by atoms with Crippen molar-refractivity contribution in [2.45, 2.75) is 55.3 Å². The number of thioether (sulfide) groups is 1. The molecule has 1 aliphatic rings. The number of ether oxygens (including phenoxy) is 1. The molecule has 0 radical (unpaired) electrons. The molecule has 0 N–H and O–H groups in total. The van der Waals surface area contributed by atoms with E-state index >= 15 is 4.79 Å². The Bertz CT molecular complexity index is 2430. The van der Waals surface area contributed by atoms with E-state index in [1.807, 2.05) is 0 Å². The summed E-state index contributed by atoms with van der Waals surface area (Å²) in [4.78, 5) is 30.8. The fourth-order valence-corrected chi connectivity index (χ4v) is 7.26. The summed E-state index contributed by atoms with van der Waals surface area (Å²) in [6, 6.07) is 18.2. The van der Waals surface area contributed by atoms with Crippen molar-refractivity contribution in [3.63, 3.8) is 0 Å². The van der Waals surface area contributed by atoms with Gasteiger partial charge >= 0.3 is 6.18 Å². The molecule has 0 bridgehead atoms. The number of rotatable bonds is 12. The molecular formula is C41H40F5N3O3S. The van der Waals surface area contributed by atoms with Gasteiger partial charge in [0.2, 0.25) is 5.91 Å². The number of amides is 1. The molecule has 1 aliphatic heterocycles. The average Bonchev–Trinajstić information content (AvgIpc) is 3.21. The van der Waals surface area contributed by atoms with Gasteiger partial charge in [-0.1, -0.05) is 60.7 Å². The van der Waals surface area contributed by atoms with Crippen molar-refractivity contribution in [1.82, 2.24) is 14.4 Å². The lowest BCUT2D eigenvalue weighted by molar-refractivity contribution is -0.138. The monoisotopic (exact) mass is 756 g/mol. The summed E-state index contributed by atoms with van der Waals surface area (Å²) in [5, 5.41) is -0.0458. The maximum Gasteiger partial charge on any atom is 0.416 e. The van der Waals surface area contributed by atoms with Crippen LogP contribution in [0.2, 0.25) is 0 Å². The van der Waals surface area contributed by atoms with Gasteiger partial charge in [0.05, 0.1) is 35.5 Å². The number of halogens is 5. The summed E-state index contributed by atoms with van der Waals surface area (Å²) < 4.78 is 137. The van der Waals surface area contributed by atoms with E-state index in [1.165, 1.54) is 66.4 Å². The molecule has 1 saturated heterocycles. The number of alkyl halides is 3. The summed E-state index contributed by atoms with van der Waals surface area (Å²) in [5.74, 6) is -3.72. The Morgan fingerprint density at radius 3 is 2.30 bits per heavy atom. The van der Waals surface area contributed by atoms with Crippen molar-refractivity contribution in [2.24, 2.45) is 0 Å². The highest BCUT2D eigenvalue weighted by Crippen LogP contribution is 2.34. The first-order valence-corrected chi connectivity index (χ1v) is 17.6. The quantitative estimate of drug-likeness (QED) is 0.0941. The van der Waals surface area contributed by atoms with Gasteiger partial charge < -0.3 is 19.1 Å². The first kappa shape index (κ1) is 29.9. The van der Waals surface area contributed by atoms with E-state index in [9.17, 15) is 30.9 Å². The predicted octanol–water partition coefficient (Wildman–Crippen LogP) is 8.96. The van der Waals surface area contributed by atoms with Gasteiger partial charge in [0, 0.05) is 58.2 Å². The second kappa shape index (κ2) is 16.7. The highest BCUT2D eigenvalue weighted by Gasteiger charge is 2.33. The zero-order valence-corrected chi connectivity index (χ0v) is 29.5. The van der Waals surface area contributed by atoms with Gasteiger partial charge in [-0.25, -0.2) is 8.78 Å². The van der Waals surface area contributed by atoms with Crippen LogP contribution in [0.15, 0.2) is 107 Å². The third-order valence-electron chi connectivity index (χ3n) is 9.06. The number of fused-ring (bicyclic) bond motifs is 1. The number of piperidine rings is 1. The van der Waals surface area contributed by atoms with E-state index in [0.717, 1.165) is 52.6 Å². The first-order chi connectivity index (χ1) is 28.0. The molecule has 6 nitrogen and oxygen atoms in total. The average molecular weight is 757 g/mol. The minimum absolute atomic E-state index is 0.00269. The number of carbonyl (C=O) groups is 1. The van der Waals surface area contributed by atoms with Crippen LogP contribution < -0.4 is 5.43 Å². The second-order valence-electron chi connectivity index (χ2n) is 12.4. The molecule has 12 heteroatoms. The van der Waals surface area contributed by atoms with Gasteiger partial charge in [0.1, 0.15) is 6.50 Å². The first-order valence-electron chi connectivity index (χ1n) is 20.2. The third-order valence-corrected chi connectivity index (χ3v) is 10.1. The lowest BCUT2D eigenvalue weighted by Gasteiger charge is -2.42. The molecule has 4 aromatic carbocycles. The lowest BCUT2D eigenvalue weighted by Crippen LogP contribution is -2.49. The molecule has 1 unspecified atom stereocenters. The maximum absolute atomic E-state index is 15.2. The van der Waals surface area contributed by atoms with Crippen LogP contribution in [-0.2, 0) is 28.0 Å². The molecule has 1 fully saturated rings. The Morgan fingerprint density at radius 2 is 1.64 bits per heavy atom. The van der Waals surface area contributed by atoms with Crippen molar-refractivity contribution in [2.75, 3.05) is 33.3 Å². The van der Waals surface area contributed by atoms with Crippen LogP contribution in [0.4, 0.5) is 22.0 Å². The minimum atomic E-state index is -4.54. The standard InChI is InChI=1S/C41H40F5N3O3S/c1-27(28-10-12-29(13-11-28)30-14-16-32(17-15-30)41(44,45)46)49(33-18-20-47(21-19-33)22-23-52-2)38(51)25-48-36-9-4-3-7-34(36)37(50)24-39(48)53-26-31-6-5-8-35(42)40(31)43/h3-17,24,27,33H,18-23,25-26H2,1-2H3/i22D2,23D2,25D2,27D. The summed E-state index contributed by atoms with van der Waals surface area (Å²) >= 11 is 0.797. The number of likely N-dealkylation sites (tertiary alicyclic amines) is 1. The van der Waals surface area contributed by atoms with E-state index in [1.54, 1.807) is 18.2 Å². The highest BCUT2D eigenvalue weighted by atomic mass is 32.2. The summed E-state index contributed by atoms with van der Waals surface area (Å²) in [5.41, 5.74) is -0.309. The van der Waals surface area contributed by atoms with Gasteiger partial charge in [0.15, 0.2) is 17.1 Å². The normalized spacial score (nSPS) is 18.1. The Balaban J connectivity index is 1.43. The zero-order valence-electron chi connectivity index (χ0n) is 35.7. The summed E-state index contributed by atoms with van der Waals surface area (Å²) in [6.07, 6.45) is -4.61. The van der Waals surface area contributed by atoms with Crippen molar-refractivity contribution >= 4 is 28.6 Å². The van der Waals surface area contributed by atoms with Gasteiger partial charge in [-0.2, -0.15) is 13.2 Å². The van der Waals surface area contributed by atoms with E-state index in [4.69, 9.17) is 10.2 Å². The van der Waals surface area contributed by atoms with Crippen molar-refractivity contribution in [3.05, 3.63) is 136 Å². The van der Waals surface area contributed by atoms with Gasteiger partial charge in [-0.15, -0.1) is 11.8 Å². The molecule has 1 aromatic heterocycles. The number of benzene rings is 4. The number of methoxy groups -OCH3 is 1. The van der Waals surface area contributed by atoms with E-state index in [0.29, 0.717) is 11.1 Å². The summed E-state index contributed by atoms with van der Waals surface area (Å²) in [6.45, 7) is -7.29. The molecule has 0 saturated carbocycles. The number of hydrogen-bond acceptors (Lipinski definition) is 5. The van der Waals surface area contributed by atoms with Crippen molar-refractivity contribution in [1.29, 1.82) is 0 Å². The fourth-order valence-electron chi connectivity index (χ4n) is 6.27. The third kappa shape index (κ3) is 8.83. The smallest absolute Gasteiger partial charge is 0.383 e. The molecule has 1 amide bonds. The van der Waals surface area contributed by atoms with Crippen LogP contribution >= 0.6 is 11.8 Å². The van der Waals surface area contributed by atoms with Gasteiger partial charge in [0.25, 0.3) is 0 Å². The minimum Gasteiger partial charge on any atom is -0.383 e. The van der Waals surface area contributed by atoms with Crippen molar-refractivity contribution in [3.8, 4) is 11.1 Å². The van der Waals surface area contributed by atoms with Crippen LogP contribution in [0, 0.1) is 11.6 Å². The molecule has 0 spiro atoms. The van der Waals surface area contributed by atoms with E-state index in [-0.39, 0.29) is 58.7 Å². The van der Waals surface area contributed by atoms with Gasteiger partial charge in [-0.3, -0.25) is 9.59 Å². The Morgan fingerprint density at radius 1 is 0.981 bits per heavy atom. The molecule has 53 heavy (non-hydrogen) atoms. The molecule has 0 aliphatic carbocycles. The second-order valence-corrected chi connectivity index (χ2v) is 13.4. The van der Waals surface area contributed by atoms with E-state index in [2.05, 4.69) is 0 Å². The number of nitrogens with zero attached hydrogens (tertiary/aromatic N) is 3. The van der Waals surface area contributed by atoms with Crippen molar-refractivity contribution < 1.29 is 41.1 Å². The van der Waals surface area contributed by atoms with Crippen LogP contribution in [0.5, 0.6) is 0 Å². The van der Waals surface area contributed by atoms with Crippen LogP contribution in [-0.4, -0.2) is 59.6 Å². The molecule has 278 valence electrons. The number of pyridine rings is 1. The van der Waals surface area contributed by atoms with E-state index < -0.39 is 66.3 Å². The van der Waals surface area contributed by atoms with Crippen LogP contribution in [0.3, 0.4) is 0 Å². The Hall–Kier alpha value is -4.52. The zero-order chi connectivity index (χ0) is 44.0. The number of carbonyl (C=O) groups excluding carboxylic acids is 1. The predicted molar refractivity (Wildman–Crippen MR) is 198 cm³/mol. The number of hydrogen-bond donors (Lipinski definition) is 0. The topological polar surface area (TPSA) is 54.8 Å². The van der Waals surface area contributed by atoms with Crippen LogP contribution in [0.1, 0.15) is 52.1 Å². The maximum atomic E-state index is 15.2. The fraction of sp³-hybridized carbons (Fsp3) is 0.317. The molecule has 2 heterocycles. The molecule has 5 aromatic rings. The molecular weight excluding hydrogens is 710 g/mol. The largest absolute Gasteiger partial charge is 0.416 e. The Kier molecular flexibility index (Phi) is 9.39. The van der Waals surface area contributed by atoms with Gasteiger partial charge in [-0.05, 0) is 66.8 Å². The molecule has 1 atom stereocenters. The lowest BCUT2D eigenvalue weighted by atomic mass is 9.96. The van der Waals surface area contributed by atoms with Crippen LogP contribution in [0.25, 0.3) is 22.0 Å². The highest BCUT2D eigenvalue weighted by molar-refractivity contribution is 7.98.